The lowest BCUT2D eigenvalue weighted by atomic mass is 9.82. The second-order valence-corrected chi connectivity index (χ2v) is 4.49. The van der Waals surface area contributed by atoms with Crippen LogP contribution in [0.25, 0.3) is 0 Å². The Morgan fingerprint density at radius 1 is 1.50 bits per heavy atom. The minimum Gasteiger partial charge on any atom is -0.461 e. The Morgan fingerprint density at radius 2 is 2.21 bits per heavy atom. The summed E-state index contributed by atoms with van der Waals surface area (Å²) in [5, 5.41) is 0. The van der Waals surface area contributed by atoms with Crippen LogP contribution in [0.2, 0.25) is 0 Å². The maximum absolute atomic E-state index is 11.7. The summed E-state index contributed by atoms with van der Waals surface area (Å²) in [6, 6.07) is 3.48. The molecule has 0 spiro atoms. The average molecular weight is 194 g/mol. The molecule has 0 atom stereocenters. The molecule has 0 unspecified atom stereocenters. The molecule has 0 aliphatic carbocycles. The standard InChI is InChI=1S/C12H18O2/c1-4-7-12(2,3)9-10(13)11-6-5-8-14-11/h5-6,8H,4,7,9H2,1-3H3. The minimum absolute atomic E-state index is 0.0820. The van der Waals surface area contributed by atoms with Gasteiger partial charge in [-0.1, -0.05) is 27.2 Å². The van der Waals surface area contributed by atoms with E-state index in [0.717, 1.165) is 12.8 Å². The minimum atomic E-state index is 0.0820. The molecule has 0 bridgehead atoms. The first kappa shape index (κ1) is 11.0. The normalized spacial score (nSPS) is 11.6. The first-order valence-corrected chi connectivity index (χ1v) is 5.12. The molecule has 0 saturated carbocycles. The highest BCUT2D eigenvalue weighted by Crippen LogP contribution is 2.28. The molecule has 2 nitrogen and oxygen atoms in total. The zero-order valence-corrected chi connectivity index (χ0v) is 9.17. The zero-order chi connectivity index (χ0) is 10.6. The third kappa shape index (κ3) is 3.02. The molecule has 0 amide bonds. The van der Waals surface area contributed by atoms with Gasteiger partial charge in [-0.05, 0) is 24.0 Å². The highest BCUT2D eigenvalue weighted by molar-refractivity contribution is 5.93. The number of rotatable bonds is 5. The van der Waals surface area contributed by atoms with Crippen molar-refractivity contribution in [3.8, 4) is 0 Å². The molecule has 1 rings (SSSR count). The van der Waals surface area contributed by atoms with E-state index in [9.17, 15) is 4.79 Å². The van der Waals surface area contributed by atoms with Crippen molar-refractivity contribution in [3.05, 3.63) is 24.2 Å². The molecule has 0 aliphatic heterocycles. The van der Waals surface area contributed by atoms with Crippen LogP contribution in [0, 0.1) is 5.41 Å². The quantitative estimate of drug-likeness (QED) is 0.669. The van der Waals surface area contributed by atoms with Crippen molar-refractivity contribution in [3.63, 3.8) is 0 Å². The molecule has 14 heavy (non-hydrogen) atoms. The van der Waals surface area contributed by atoms with Crippen LogP contribution in [0.3, 0.4) is 0 Å². The smallest absolute Gasteiger partial charge is 0.198 e. The molecular formula is C12H18O2. The highest BCUT2D eigenvalue weighted by atomic mass is 16.3. The van der Waals surface area contributed by atoms with Gasteiger partial charge in [-0.2, -0.15) is 0 Å². The first-order valence-electron chi connectivity index (χ1n) is 5.12. The van der Waals surface area contributed by atoms with Crippen LogP contribution >= 0.6 is 0 Å². The maximum Gasteiger partial charge on any atom is 0.198 e. The predicted molar refractivity (Wildman–Crippen MR) is 56.3 cm³/mol. The summed E-state index contributed by atoms with van der Waals surface area (Å²) in [4.78, 5) is 11.7. The predicted octanol–water partition coefficient (Wildman–Crippen LogP) is 3.68. The largest absolute Gasteiger partial charge is 0.461 e. The summed E-state index contributed by atoms with van der Waals surface area (Å²) in [7, 11) is 0. The fraction of sp³-hybridized carbons (Fsp3) is 0.583. The van der Waals surface area contributed by atoms with Gasteiger partial charge in [0.15, 0.2) is 11.5 Å². The van der Waals surface area contributed by atoms with E-state index < -0.39 is 0 Å². The molecule has 0 fully saturated rings. The molecule has 1 aromatic rings. The lowest BCUT2D eigenvalue weighted by Gasteiger charge is -2.22. The number of hydrogen-bond donors (Lipinski definition) is 0. The molecule has 0 saturated heterocycles. The molecule has 1 aromatic heterocycles. The second kappa shape index (κ2) is 4.45. The van der Waals surface area contributed by atoms with Crippen LogP contribution < -0.4 is 0 Å². The van der Waals surface area contributed by atoms with Crippen LogP contribution in [0.4, 0.5) is 0 Å². The molecule has 78 valence electrons. The van der Waals surface area contributed by atoms with Crippen molar-refractivity contribution in [2.75, 3.05) is 0 Å². The van der Waals surface area contributed by atoms with Gasteiger partial charge in [-0.3, -0.25) is 4.79 Å². The third-order valence-electron chi connectivity index (χ3n) is 2.36. The van der Waals surface area contributed by atoms with E-state index in [1.54, 1.807) is 18.4 Å². The van der Waals surface area contributed by atoms with Crippen molar-refractivity contribution >= 4 is 5.78 Å². The van der Waals surface area contributed by atoms with Crippen LogP contribution in [0.15, 0.2) is 22.8 Å². The first-order chi connectivity index (χ1) is 6.55. The topological polar surface area (TPSA) is 30.2 Å². The number of hydrogen-bond acceptors (Lipinski definition) is 2. The summed E-state index contributed by atoms with van der Waals surface area (Å²) in [5.74, 6) is 0.586. The van der Waals surface area contributed by atoms with Crippen molar-refractivity contribution in [2.45, 2.75) is 40.0 Å². The van der Waals surface area contributed by atoms with E-state index >= 15 is 0 Å². The molecule has 0 radical (unpaired) electrons. The van der Waals surface area contributed by atoms with Gasteiger partial charge >= 0.3 is 0 Å². The van der Waals surface area contributed by atoms with E-state index in [1.807, 2.05) is 0 Å². The Kier molecular flexibility index (Phi) is 3.50. The zero-order valence-electron chi connectivity index (χ0n) is 9.17. The molecule has 1 heterocycles. The number of furan rings is 1. The van der Waals surface area contributed by atoms with Gasteiger partial charge < -0.3 is 4.42 Å². The van der Waals surface area contributed by atoms with E-state index in [2.05, 4.69) is 20.8 Å². The van der Waals surface area contributed by atoms with Crippen LogP contribution in [0.1, 0.15) is 50.6 Å². The number of carbonyl (C=O) groups is 1. The summed E-state index contributed by atoms with van der Waals surface area (Å²) < 4.78 is 5.07. The SMILES string of the molecule is CCCC(C)(C)CC(=O)c1ccco1. The molecule has 0 aromatic carbocycles. The van der Waals surface area contributed by atoms with Gasteiger partial charge in [0.2, 0.25) is 0 Å². The van der Waals surface area contributed by atoms with Crippen molar-refractivity contribution in [1.29, 1.82) is 0 Å². The summed E-state index contributed by atoms with van der Waals surface area (Å²) >= 11 is 0. The highest BCUT2D eigenvalue weighted by Gasteiger charge is 2.22. The number of Topliss-reactive ketones (excluding diaryl/α,β-unsaturated/α-hetero) is 1. The fourth-order valence-electron chi connectivity index (χ4n) is 1.72. The van der Waals surface area contributed by atoms with Gasteiger partial charge in [0.1, 0.15) is 0 Å². The maximum atomic E-state index is 11.7. The Morgan fingerprint density at radius 3 is 2.71 bits per heavy atom. The van der Waals surface area contributed by atoms with Crippen LogP contribution in [-0.4, -0.2) is 5.78 Å². The van der Waals surface area contributed by atoms with E-state index in [4.69, 9.17) is 4.42 Å². The van der Waals surface area contributed by atoms with Crippen molar-refractivity contribution < 1.29 is 9.21 Å². The Hall–Kier alpha value is -1.05. The van der Waals surface area contributed by atoms with Gasteiger partial charge in [0.05, 0.1) is 6.26 Å². The average Bonchev–Trinajstić information content (AvgIpc) is 2.53. The van der Waals surface area contributed by atoms with Crippen LogP contribution in [-0.2, 0) is 0 Å². The van der Waals surface area contributed by atoms with Crippen LogP contribution in [0.5, 0.6) is 0 Å². The Balaban J connectivity index is 2.57. The lowest BCUT2D eigenvalue weighted by molar-refractivity contribution is 0.0897. The number of carbonyl (C=O) groups excluding carboxylic acids is 1. The van der Waals surface area contributed by atoms with Gasteiger partial charge in [0.25, 0.3) is 0 Å². The monoisotopic (exact) mass is 194 g/mol. The summed E-state index contributed by atoms with van der Waals surface area (Å²) in [6.45, 7) is 6.38. The Bertz CT molecular complexity index is 283. The molecule has 0 aliphatic rings. The second-order valence-electron chi connectivity index (χ2n) is 4.49. The van der Waals surface area contributed by atoms with Crippen molar-refractivity contribution in [2.24, 2.45) is 5.41 Å². The van der Waals surface area contributed by atoms with E-state index in [-0.39, 0.29) is 11.2 Å². The summed E-state index contributed by atoms with van der Waals surface area (Å²) in [6.07, 6.45) is 4.28. The van der Waals surface area contributed by atoms with Crippen molar-refractivity contribution in [1.82, 2.24) is 0 Å². The third-order valence-corrected chi connectivity index (χ3v) is 2.36. The lowest BCUT2D eigenvalue weighted by Crippen LogP contribution is -2.16. The molecule has 2 heteroatoms. The van der Waals surface area contributed by atoms with E-state index in [1.165, 1.54) is 0 Å². The summed E-state index contributed by atoms with van der Waals surface area (Å²) in [5.41, 5.74) is 0.0820. The molecule has 0 N–H and O–H groups in total. The van der Waals surface area contributed by atoms with E-state index in [0.29, 0.717) is 12.2 Å². The molecular weight excluding hydrogens is 176 g/mol. The fourth-order valence-corrected chi connectivity index (χ4v) is 1.72. The van der Waals surface area contributed by atoms with Gasteiger partial charge in [0, 0.05) is 6.42 Å². The Labute approximate surface area is 85.3 Å². The number of ketones is 1. The van der Waals surface area contributed by atoms with Gasteiger partial charge in [-0.15, -0.1) is 0 Å². The van der Waals surface area contributed by atoms with Gasteiger partial charge in [-0.25, -0.2) is 0 Å².